The molecule has 27 heavy (non-hydrogen) atoms. The molecule has 1 amide bonds. The SMILES string of the molecule is CCOC(=O)c1c(NC(=O)Cc2nn[nH]n2)sc(C)c1-c1ccc(Cl)cc1. The molecular formula is C17H16ClN5O3S. The molecule has 0 aliphatic rings. The first-order valence-corrected chi connectivity index (χ1v) is 9.27. The number of nitrogens with one attached hydrogen (secondary N) is 2. The lowest BCUT2D eigenvalue weighted by Crippen LogP contribution is -2.17. The maximum atomic E-state index is 12.6. The molecule has 3 aromatic rings. The minimum Gasteiger partial charge on any atom is -0.462 e. The van der Waals surface area contributed by atoms with Crippen molar-refractivity contribution in [3.05, 3.63) is 45.6 Å². The number of carbonyl (C=O) groups excluding carboxylic acids is 2. The first-order chi connectivity index (χ1) is 13.0. The van der Waals surface area contributed by atoms with E-state index in [0.29, 0.717) is 21.2 Å². The van der Waals surface area contributed by atoms with Crippen molar-refractivity contribution in [3.8, 4) is 11.1 Å². The number of anilines is 1. The van der Waals surface area contributed by atoms with E-state index in [-0.39, 0.29) is 24.8 Å². The number of hydrogen-bond acceptors (Lipinski definition) is 7. The number of nitrogens with zero attached hydrogens (tertiary/aromatic N) is 3. The van der Waals surface area contributed by atoms with E-state index in [1.807, 2.05) is 19.1 Å². The first-order valence-electron chi connectivity index (χ1n) is 8.08. The number of carbonyl (C=O) groups is 2. The molecule has 2 N–H and O–H groups in total. The number of tetrazole rings is 1. The van der Waals surface area contributed by atoms with Crippen molar-refractivity contribution in [1.82, 2.24) is 20.6 Å². The molecule has 8 nitrogen and oxygen atoms in total. The maximum absolute atomic E-state index is 12.6. The highest BCUT2D eigenvalue weighted by Crippen LogP contribution is 2.40. The molecule has 0 aliphatic heterocycles. The molecule has 0 radical (unpaired) electrons. The fourth-order valence-electron chi connectivity index (χ4n) is 2.57. The van der Waals surface area contributed by atoms with Gasteiger partial charge in [0.05, 0.1) is 13.0 Å². The molecule has 0 spiro atoms. The van der Waals surface area contributed by atoms with Gasteiger partial charge in [0.25, 0.3) is 0 Å². The smallest absolute Gasteiger partial charge is 0.341 e. The number of thiophene rings is 1. The van der Waals surface area contributed by atoms with E-state index in [9.17, 15) is 9.59 Å². The van der Waals surface area contributed by atoms with Crippen molar-refractivity contribution < 1.29 is 14.3 Å². The van der Waals surface area contributed by atoms with Gasteiger partial charge in [-0.05, 0) is 31.5 Å². The zero-order chi connectivity index (χ0) is 19.4. The molecule has 2 heterocycles. The van der Waals surface area contributed by atoms with Gasteiger partial charge < -0.3 is 10.1 Å². The number of aromatic nitrogens is 4. The molecule has 2 aromatic heterocycles. The van der Waals surface area contributed by atoms with Crippen LogP contribution in [0, 0.1) is 6.92 Å². The summed E-state index contributed by atoms with van der Waals surface area (Å²) in [6, 6.07) is 7.14. The summed E-state index contributed by atoms with van der Waals surface area (Å²) in [5.41, 5.74) is 1.85. The maximum Gasteiger partial charge on any atom is 0.341 e. The number of esters is 1. The number of aryl methyl sites for hydroxylation is 1. The van der Waals surface area contributed by atoms with E-state index < -0.39 is 5.97 Å². The average Bonchev–Trinajstić information content (AvgIpc) is 3.23. The normalized spacial score (nSPS) is 10.6. The number of benzene rings is 1. The molecule has 0 saturated carbocycles. The third-order valence-electron chi connectivity index (χ3n) is 3.66. The van der Waals surface area contributed by atoms with Gasteiger partial charge in [-0.25, -0.2) is 4.79 Å². The van der Waals surface area contributed by atoms with E-state index in [1.165, 1.54) is 11.3 Å². The van der Waals surface area contributed by atoms with E-state index in [0.717, 1.165) is 10.4 Å². The standard InChI is InChI=1S/C17H16ClN5O3S/c1-3-26-17(25)15-14(10-4-6-11(18)7-5-10)9(2)27-16(15)19-13(24)8-12-20-22-23-21-12/h4-7H,3,8H2,1-2H3,(H,19,24)(H,20,21,22,23). The van der Waals surface area contributed by atoms with Crippen molar-refractivity contribution in [2.45, 2.75) is 20.3 Å². The highest BCUT2D eigenvalue weighted by molar-refractivity contribution is 7.17. The number of halogens is 1. The molecule has 0 saturated heterocycles. The molecule has 1 aromatic carbocycles. The molecule has 0 atom stereocenters. The third kappa shape index (κ3) is 4.32. The van der Waals surface area contributed by atoms with Gasteiger partial charge in [0.2, 0.25) is 5.91 Å². The minimum atomic E-state index is -0.498. The fourth-order valence-corrected chi connectivity index (χ4v) is 3.77. The minimum absolute atomic E-state index is 0.0635. The summed E-state index contributed by atoms with van der Waals surface area (Å²) < 4.78 is 5.21. The third-order valence-corrected chi connectivity index (χ3v) is 4.93. The van der Waals surface area contributed by atoms with Crippen LogP contribution in [-0.4, -0.2) is 39.1 Å². The summed E-state index contributed by atoms with van der Waals surface area (Å²) in [7, 11) is 0. The quantitative estimate of drug-likeness (QED) is 0.609. The second-order valence-corrected chi connectivity index (χ2v) is 7.18. The molecule has 0 unspecified atom stereocenters. The molecule has 0 fully saturated rings. The van der Waals surface area contributed by atoms with E-state index in [1.54, 1.807) is 19.1 Å². The number of rotatable bonds is 6. The Morgan fingerprint density at radius 1 is 1.30 bits per heavy atom. The predicted molar refractivity (Wildman–Crippen MR) is 102 cm³/mol. The van der Waals surface area contributed by atoms with Crippen LogP contribution in [0.2, 0.25) is 5.02 Å². The Balaban J connectivity index is 1.97. The summed E-state index contributed by atoms with van der Waals surface area (Å²) in [5, 5.41) is 17.0. The lowest BCUT2D eigenvalue weighted by atomic mass is 10.0. The Bertz CT molecular complexity index is 954. The number of ether oxygens (including phenoxy) is 1. The van der Waals surface area contributed by atoms with Gasteiger partial charge in [0.1, 0.15) is 10.6 Å². The first kappa shape index (κ1) is 19.0. The van der Waals surface area contributed by atoms with Crippen LogP contribution < -0.4 is 5.32 Å². The molecule has 10 heteroatoms. The average molecular weight is 406 g/mol. The number of hydrogen-bond donors (Lipinski definition) is 2. The molecule has 0 aliphatic carbocycles. The van der Waals surface area contributed by atoms with Crippen molar-refractivity contribution in [2.24, 2.45) is 0 Å². The van der Waals surface area contributed by atoms with Gasteiger partial charge in [-0.3, -0.25) is 4.79 Å². The zero-order valence-corrected chi connectivity index (χ0v) is 16.1. The van der Waals surface area contributed by atoms with Gasteiger partial charge >= 0.3 is 5.97 Å². The van der Waals surface area contributed by atoms with E-state index >= 15 is 0 Å². The Morgan fingerprint density at radius 3 is 2.67 bits per heavy atom. The topological polar surface area (TPSA) is 110 Å². The summed E-state index contributed by atoms with van der Waals surface area (Å²) >= 11 is 7.27. The molecular weight excluding hydrogens is 390 g/mol. The van der Waals surface area contributed by atoms with Crippen LogP contribution in [0.15, 0.2) is 24.3 Å². The largest absolute Gasteiger partial charge is 0.462 e. The highest BCUT2D eigenvalue weighted by atomic mass is 35.5. The van der Waals surface area contributed by atoms with Gasteiger partial charge in [-0.15, -0.1) is 21.5 Å². The Kier molecular flexibility index (Phi) is 5.82. The molecule has 3 rings (SSSR count). The summed E-state index contributed by atoms with van der Waals surface area (Å²) in [4.78, 5) is 25.8. The molecule has 140 valence electrons. The van der Waals surface area contributed by atoms with Crippen LogP contribution in [0.4, 0.5) is 5.00 Å². The Labute approximate surface area is 163 Å². The van der Waals surface area contributed by atoms with Crippen LogP contribution in [0.1, 0.15) is 28.0 Å². The number of H-pyrrole nitrogens is 1. The second kappa shape index (κ2) is 8.28. The van der Waals surface area contributed by atoms with Crippen LogP contribution in [0.25, 0.3) is 11.1 Å². The number of aromatic amines is 1. The van der Waals surface area contributed by atoms with E-state index in [4.69, 9.17) is 16.3 Å². The van der Waals surface area contributed by atoms with Crippen LogP contribution in [0.5, 0.6) is 0 Å². The fraction of sp³-hybridized carbons (Fsp3) is 0.235. The molecule has 0 bridgehead atoms. The number of amides is 1. The van der Waals surface area contributed by atoms with Crippen molar-refractivity contribution in [3.63, 3.8) is 0 Å². The highest BCUT2D eigenvalue weighted by Gasteiger charge is 2.25. The van der Waals surface area contributed by atoms with Crippen LogP contribution in [-0.2, 0) is 16.0 Å². The predicted octanol–water partition coefficient (Wildman–Crippen LogP) is 3.25. The summed E-state index contributed by atoms with van der Waals surface area (Å²) in [6.07, 6.45) is -0.0635. The monoisotopic (exact) mass is 405 g/mol. The van der Waals surface area contributed by atoms with Gasteiger partial charge in [-0.1, -0.05) is 28.9 Å². The van der Waals surface area contributed by atoms with E-state index in [2.05, 4.69) is 25.9 Å². The van der Waals surface area contributed by atoms with Gasteiger partial charge in [-0.2, -0.15) is 5.21 Å². The zero-order valence-electron chi connectivity index (χ0n) is 14.6. The second-order valence-electron chi connectivity index (χ2n) is 5.52. The lowest BCUT2D eigenvalue weighted by molar-refractivity contribution is -0.115. The van der Waals surface area contributed by atoms with Crippen molar-refractivity contribution in [2.75, 3.05) is 11.9 Å². The summed E-state index contributed by atoms with van der Waals surface area (Å²) in [6.45, 7) is 3.84. The van der Waals surface area contributed by atoms with Gasteiger partial charge in [0.15, 0.2) is 5.82 Å². The van der Waals surface area contributed by atoms with Gasteiger partial charge in [0, 0.05) is 15.5 Å². The van der Waals surface area contributed by atoms with Crippen molar-refractivity contribution in [1.29, 1.82) is 0 Å². The van der Waals surface area contributed by atoms with Crippen LogP contribution >= 0.6 is 22.9 Å². The Hall–Kier alpha value is -2.78. The summed E-state index contributed by atoms with van der Waals surface area (Å²) in [5.74, 6) is -0.594. The Morgan fingerprint density at radius 2 is 2.04 bits per heavy atom. The lowest BCUT2D eigenvalue weighted by Gasteiger charge is -2.09. The van der Waals surface area contributed by atoms with Crippen molar-refractivity contribution >= 4 is 39.8 Å². The van der Waals surface area contributed by atoms with Crippen LogP contribution in [0.3, 0.4) is 0 Å².